The summed E-state index contributed by atoms with van der Waals surface area (Å²) < 4.78 is 5.71. The Kier molecular flexibility index (Phi) is 8.58. The third-order valence-corrected chi connectivity index (χ3v) is 3.46. The minimum absolute atomic E-state index is 0.603. The molecule has 0 spiro atoms. The Bertz CT molecular complexity index is 281. The summed E-state index contributed by atoms with van der Waals surface area (Å²) in [7, 11) is 0. The Labute approximate surface area is 113 Å². The smallest absolute Gasteiger partial charge is 0.0471 e. The summed E-state index contributed by atoms with van der Waals surface area (Å²) in [5.41, 5.74) is 1.42. The zero-order valence-corrected chi connectivity index (χ0v) is 12.0. The Morgan fingerprint density at radius 1 is 0.944 bits per heavy atom. The maximum atomic E-state index is 5.71. The normalized spacial score (nSPS) is 12.6. The van der Waals surface area contributed by atoms with Crippen LogP contribution in [0.5, 0.6) is 0 Å². The van der Waals surface area contributed by atoms with E-state index >= 15 is 0 Å². The molecule has 0 saturated heterocycles. The van der Waals surface area contributed by atoms with Crippen LogP contribution in [0.25, 0.3) is 0 Å². The molecule has 102 valence electrons. The van der Waals surface area contributed by atoms with Crippen LogP contribution in [0, 0.1) is 0 Å². The molecule has 1 aromatic rings. The van der Waals surface area contributed by atoms with Crippen molar-refractivity contribution in [3.63, 3.8) is 0 Å². The highest BCUT2D eigenvalue weighted by Gasteiger charge is 2.03. The van der Waals surface area contributed by atoms with Gasteiger partial charge in [-0.1, -0.05) is 69.9 Å². The zero-order valence-electron chi connectivity index (χ0n) is 12.0. The second-order valence-electron chi connectivity index (χ2n) is 5.13. The van der Waals surface area contributed by atoms with Crippen LogP contribution in [-0.4, -0.2) is 13.2 Å². The molecule has 1 rings (SSSR count). The number of ether oxygens (including phenoxy) is 1. The third kappa shape index (κ3) is 6.80. The van der Waals surface area contributed by atoms with Gasteiger partial charge in [-0.15, -0.1) is 0 Å². The average molecular weight is 248 g/mol. The molecule has 0 aliphatic carbocycles. The molecule has 1 aromatic carbocycles. The van der Waals surface area contributed by atoms with E-state index in [2.05, 4.69) is 44.2 Å². The molecule has 0 aliphatic rings. The Hall–Kier alpha value is -0.820. The second kappa shape index (κ2) is 10.1. The van der Waals surface area contributed by atoms with E-state index < -0.39 is 0 Å². The quantitative estimate of drug-likeness (QED) is 0.519. The fraction of sp³-hybridized carbons (Fsp3) is 0.647. The largest absolute Gasteiger partial charge is 0.381 e. The summed E-state index contributed by atoms with van der Waals surface area (Å²) >= 11 is 0. The summed E-state index contributed by atoms with van der Waals surface area (Å²) in [4.78, 5) is 0. The Morgan fingerprint density at radius 3 is 2.39 bits per heavy atom. The van der Waals surface area contributed by atoms with Gasteiger partial charge in [-0.05, 0) is 24.3 Å². The molecular formula is C17H28O. The number of rotatable bonds is 10. The van der Waals surface area contributed by atoms with Crippen molar-refractivity contribution >= 4 is 0 Å². The van der Waals surface area contributed by atoms with E-state index in [1.165, 1.54) is 37.7 Å². The lowest BCUT2D eigenvalue weighted by atomic mass is 9.98. The maximum Gasteiger partial charge on any atom is 0.0471 e. The molecule has 0 aliphatic heterocycles. The predicted molar refractivity (Wildman–Crippen MR) is 79.1 cm³/mol. The highest BCUT2D eigenvalue weighted by molar-refractivity contribution is 5.18. The van der Waals surface area contributed by atoms with Gasteiger partial charge in [-0.3, -0.25) is 0 Å². The van der Waals surface area contributed by atoms with Gasteiger partial charge in [0.25, 0.3) is 0 Å². The van der Waals surface area contributed by atoms with E-state index in [1.807, 2.05) is 0 Å². The molecule has 0 radical (unpaired) electrons. The molecule has 1 atom stereocenters. The van der Waals surface area contributed by atoms with Crippen LogP contribution >= 0.6 is 0 Å². The molecule has 0 amide bonds. The first-order valence-electron chi connectivity index (χ1n) is 7.47. The van der Waals surface area contributed by atoms with E-state index in [0.29, 0.717) is 5.92 Å². The molecule has 0 aromatic heterocycles. The molecule has 0 N–H and O–H groups in total. The molecular weight excluding hydrogens is 220 g/mol. The lowest BCUT2D eigenvalue weighted by Crippen LogP contribution is -2.02. The summed E-state index contributed by atoms with van der Waals surface area (Å²) in [6, 6.07) is 10.7. The van der Waals surface area contributed by atoms with Gasteiger partial charge in [-0.2, -0.15) is 0 Å². The van der Waals surface area contributed by atoms with Crippen molar-refractivity contribution in [1.29, 1.82) is 0 Å². The van der Waals surface area contributed by atoms with Gasteiger partial charge < -0.3 is 4.74 Å². The predicted octanol–water partition coefficient (Wildman–Crippen LogP) is 5.17. The fourth-order valence-electron chi connectivity index (χ4n) is 2.12. The van der Waals surface area contributed by atoms with Gasteiger partial charge in [0.2, 0.25) is 0 Å². The lowest BCUT2D eigenvalue weighted by Gasteiger charge is -2.11. The van der Waals surface area contributed by atoms with Gasteiger partial charge in [0.05, 0.1) is 0 Å². The molecule has 1 nitrogen and oxygen atoms in total. The average Bonchev–Trinajstić information content (AvgIpc) is 2.42. The molecule has 0 fully saturated rings. The standard InChI is InChI=1S/C17H28O/c1-3-4-5-6-10-14-18-15-13-16(2)17-11-8-7-9-12-17/h7-9,11-12,16H,3-6,10,13-15H2,1-2H3. The minimum atomic E-state index is 0.603. The van der Waals surface area contributed by atoms with Crippen LogP contribution in [0.3, 0.4) is 0 Å². The van der Waals surface area contributed by atoms with E-state index in [-0.39, 0.29) is 0 Å². The summed E-state index contributed by atoms with van der Waals surface area (Å²) in [6.45, 7) is 6.36. The Morgan fingerprint density at radius 2 is 1.67 bits per heavy atom. The lowest BCUT2D eigenvalue weighted by molar-refractivity contribution is 0.124. The van der Waals surface area contributed by atoms with Gasteiger partial charge >= 0.3 is 0 Å². The number of unbranched alkanes of at least 4 members (excludes halogenated alkanes) is 4. The van der Waals surface area contributed by atoms with E-state index in [0.717, 1.165) is 19.6 Å². The van der Waals surface area contributed by atoms with Crippen molar-refractivity contribution < 1.29 is 4.74 Å². The highest BCUT2D eigenvalue weighted by atomic mass is 16.5. The van der Waals surface area contributed by atoms with Crippen LogP contribution in [0.1, 0.15) is 63.9 Å². The number of benzene rings is 1. The summed E-state index contributed by atoms with van der Waals surface area (Å²) in [5.74, 6) is 0.603. The van der Waals surface area contributed by atoms with Gasteiger partial charge in [0, 0.05) is 13.2 Å². The van der Waals surface area contributed by atoms with Crippen molar-refractivity contribution in [1.82, 2.24) is 0 Å². The monoisotopic (exact) mass is 248 g/mol. The topological polar surface area (TPSA) is 9.23 Å². The molecule has 1 unspecified atom stereocenters. The number of hydrogen-bond acceptors (Lipinski definition) is 1. The van der Waals surface area contributed by atoms with Crippen molar-refractivity contribution in [2.24, 2.45) is 0 Å². The van der Waals surface area contributed by atoms with Crippen LogP contribution < -0.4 is 0 Å². The van der Waals surface area contributed by atoms with E-state index in [9.17, 15) is 0 Å². The highest BCUT2D eigenvalue weighted by Crippen LogP contribution is 2.18. The van der Waals surface area contributed by atoms with Gasteiger partial charge in [0.15, 0.2) is 0 Å². The fourth-order valence-corrected chi connectivity index (χ4v) is 2.12. The Balaban J connectivity index is 1.98. The van der Waals surface area contributed by atoms with Crippen molar-refractivity contribution in [2.75, 3.05) is 13.2 Å². The van der Waals surface area contributed by atoms with Crippen LogP contribution in [0.2, 0.25) is 0 Å². The first-order valence-corrected chi connectivity index (χ1v) is 7.47. The van der Waals surface area contributed by atoms with Crippen molar-refractivity contribution in [3.8, 4) is 0 Å². The van der Waals surface area contributed by atoms with E-state index in [1.54, 1.807) is 0 Å². The SMILES string of the molecule is CCCCCCCOCCC(C)c1ccccc1. The van der Waals surface area contributed by atoms with Gasteiger partial charge in [0.1, 0.15) is 0 Å². The van der Waals surface area contributed by atoms with Crippen molar-refractivity contribution in [2.45, 2.75) is 58.3 Å². The van der Waals surface area contributed by atoms with Crippen LogP contribution in [-0.2, 0) is 4.74 Å². The molecule has 0 heterocycles. The maximum absolute atomic E-state index is 5.71. The van der Waals surface area contributed by atoms with Gasteiger partial charge in [-0.25, -0.2) is 0 Å². The number of hydrogen-bond donors (Lipinski definition) is 0. The minimum Gasteiger partial charge on any atom is -0.381 e. The molecule has 0 bridgehead atoms. The second-order valence-corrected chi connectivity index (χ2v) is 5.13. The van der Waals surface area contributed by atoms with Crippen LogP contribution in [0.4, 0.5) is 0 Å². The van der Waals surface area contributed by atoms with E-state index in [4.69, 9.17) is 4.74 Å². The summed E-state index contributed by atoms with van der Waals surface area (Å²) in [5, 5.41) is 0. The summed E-state index contributed by atoms with van der Waals surface area (Å²) in [6.07, 6.45) is 7.71. The van der Waals surface area contributed by atoms with Crippen LogP contribution in [0.15, 0.2) is 30.3 Å². The zero-order chi connectivity index (χ0) is 13.1. The first kappa shape index (κ1) is 15.2. The molecule has 0 saturated carbocycles. The molecule has 18 heavy (non-hydrogen) atoms. The first-order chi connectivity index (χ1) is 8.84. The van der Waals surface area contributed by atoms with Crippen molar-refractivity contribution in [3.05, 3.63) is 35.9 Å². The molecule has 1 heteroatoms. The third-order valence-electron chi connectivity index (χ3n) is 3.46.